The van der Waals surface area contributed by atoms with Gasteiger partial charge in [-0.15, -0.1) is 0 Å². The van der Waals surface area contributed by atoms with Gasteiger partial charge in [-0.2, -0.15) is 0 Å². The summed E-state index contributed by atoms with van der Waals surface area (Å²) < 4.78 is 40.1. The van der Waals surface area contributed by atoms with Gasteiger partial charge >= 0.3 is 5.97 Å². The van der Waals surface area contributed by atoms with Crippen molar-refractivity contribution in [2.24, 2.45) is 11.8 Å². The molecule has 6 atom stereocenters. The van der Waals surface area contributed by atoms with E-state index in [1.54, 1.807) is 33.5 Å². The number of piperidine rings is 1. The fraction of sp³-hybridized carbons (Fsp3) is 0.531. The minimum absolute atomic E-state index is 0.219. The number of esters is 1. The third-order valence-electron chi connectivity index (χ3n) is 9.49. The van der Waals surface area contributed by atoms with Crippen molar-refractivity contribution in [2.75, 3.05) is 55.7 Å². The van der Waals surface area contributed by atoms with Crippen LogP contribution in [0.1, 0.15) is 40.5 Å². The minimum atomic E-state index is -0.473. The van der Waals surface area contributed by atoms with Gasteiger partial charge in [0.05, 0.1) is 46.1 Å². The third kappa shape index (κ3) is 4.75. The lowest BCUT2D eigenvalue weighted by Crippen LogP contribution is -2.59. The molecule has 0 spiro atoms. The highest BCUT2D eigenvalue weighted by atomic mass is 16.6. The minimum Gasteiger partial charge on any atom is -0.497 e. The highest BCUT2D eigenvalue weighted by molar-refractivity contribution is 5.91. The van der Waals surface area contributed by atoms with Crippen molar-refractivity contribution in [3.05, 3.63) is 47.2 Å². The summed E-state index contributed by atoms with van der Waals surface area (Å²) in [6, 6.07) is 9.73. The Balaban J connectivity index is 1.25. The van der Waals surface area contributed by atoms with Crippen LogP contribution in [-0.2, 0) is 20.6 Å². The van der Waals surface area contributed by atoms with Crippen molar-refractivity contribution in [2.45, 2.75) is 43.6 Å². The van der Waals surface area contributed by atoms with Gasteiger partial charge in [0, 0.05) is 43.9 Å². The molecule has 0 unspecified atom stereocenters. The summed E-state index contributed by atoms with van der Waals surface area (Å²) >= 11 is 0. The fourth-order valence-electron chi connectivity index (χ4n) is 7.55. The number of aromatic nitrogens is 1. The standard InChI is InChI=1S/C32H40N2O8/c1-36-19-7-8-23-22(14-19)20-9-10-34-16-18-13-27(31(41-6)29(39-4)21(18)15-24(34)28(20)33-23)42-32(35)17-11-25(37-2)30(40-5)26(12-17)38-3/h7-8,11-12,14,18,21,24,27,29,31,33H,9-10,13,15-16H2,1-6H3/t18-,21+,24-,27-,29+,31+/m1/s1. The second kappa shape index (κ2) is 11.7. The van der Waals surface area contributed by atoms with Crippen LogP contribution in [0.4, 0.5) is 0 Å². The van der Waals surface area contributed by atoms with Gasteiger partial charge in [-0.25, -0.2) is 4.79 Å². The van der Waals surface area contributed by atoms with E-state index in [1.807, 2.05) is 6.07 Å². The molecule has 2 fully saturated rings. The van der Waals surface area contributed by atoms with E-state index in [0.29, 0.717) is 35.2 Å². The largest absolute Gasteiger partial charge is 0.497 e. The number of nitrogens with zero attached hydrogens (tertiary/aromatic N) is 1. The fourth-order valence-corrected chi connectivity index (χ4v) is 7.55. The molecule has 10 heteroatoms. The third-order valence-corrected chi connectivity index (χ3v) is 9.49. The van der Waals surface area contributed by atoms with Crippen LogP contribution in [0.5, 0.6) is 23.0 Å². The molecular formula is C32H40N2O8. The lowest BCUT2D eigenvalue weighted by Gasteiger charge is -2.53. The van der Waals surface area contributed by atoms with Crippen molar-refractivity contribution in [3.63, 3.8) is 0 Å². The van der Waals surface area contributed by atoms with Crippen molar-refractivity contribution in [1.29, 1.82) is 0 Å². The summed E-state index contributed by atoms with van der Waals surface area (Å²) in [5.74, 6) is 2.15. The van der Waals surface area contributed by atoms with E-state index in [-0.39, 0.29) is 18.1 Å². The molecule has 226 valence electrons. The zero-order valence-corrected chi connectivity index (χ0v) is 25.1. The molecule has 10 nitrogen and oxygen atoms in total. The van der Waals surface area contributed by atoms with Gasteiger partial charge < -0.3 is 38.1 Å². The molecule has 2 aromatic carbocycles. The Morgan fingerprint density at radius 3 is 2.26 bits per heavy atom. The van der Waals surface area contributed by atoms with E-state index in [4.69, 9.17) is 33.2 Å². The summed E-state index contributed by atoms with van der Waals surface area (Å²) in [6.45, 7) is 1.88. The predicted molar refractivity (Wildman–Crippen MR) is 156 cm³/mol. The molecule has 1 saturated heterocycles. The zero-order valence-electron chi connectivity index (χ0n) is 25.1. The van der Waals surface area contributed by atoms with Gasteiger partial charge in [0.25, 0.3) is 0 Å². The Morgan fingerprint density at radius 1 is 0.881 bits per heavy atom. The van der Waals surface area contributed by atoms with Crippen molar-refractivity contribution in [1.82, 2.24) is 9.88 Å². The van der Waals surface area contributed by atoms with E-state index in [2.05, 4.69) is 22.0 Å². The van der Waals surface area contributed by atoms with Gasteiger partial charge in [-0.05, 0) is 67.0 Å². The lowest BCUT2D eigenvalue weighted by atomic mass is 9.67. The molecule has 1 N–H and O–H groups in total. The number of hydrogen-bond acceptors (Lipinski definition) is 9. The van der Waals surface area contributed by atoms with Gasteiger partial charge in [0.1, 0.15) is 18.0 Å². The molecule has 1 aromatic heterocycles. The number of hydrogen-bond donors (Lipinski definition) is 1. The monoisotopic (exact) mass is 580 g/mol. The Bertz CT molecular complexity index is 1430. The van der Waals surface area contributed by atoms with E-state index in [9.17, 15) is 4.79 Å². The second-order valence-electron chi connectivity index (χ2n) is 11.3. The van der Waals surface area contributed by atoms with Crippen LogP contribution in [0.3, 0.4) is 0 Å². The summed E-state index contributed by atoms with van der Waals surface area (Å²) in [7, 11) is 9.66. The smallest absolute Gasteiger partial charge is 0.338 e. The van der Waals surface area contributed by atoms with Crippen LogP contribution in [0.25, 0.3) is 10.9 Å². The number of aromatic amines is 1. The maximum Gasteiger partial charge on any atom is 0.338 e. The molecular weight excluding hydrogens is 540 g/mol. The Labute approximate surface area is 246 Å². The quantitative estimate of drug-likeness (QED) is 0.389. The number of methoxy groups -OCH3 is 6. The first kappa shape index (κ1) is 28.6. The number of benzene rings is 2. The number of ether oxygens (including phenoxy) is 7. The second-order valence-corrected chi connectivity index (χ2v) is 11.3. The average molecular weight is 581 g/mol. The lowest BCUT2D eigenvalue weighted by molar-refractivity contribution is -0.175. The van der Waals surface area contributed by atoms with Crippen LogP contribution < -0.4 is 18.9 Å². The number of fused-ring (bicyclic) bond motifs is 6. The zero-order chi connectivity index (χ0) is 29.5. The first-order chi connectivity index (χ1) is 20.4. The topological polar surface area (TPSA) is 101 Å². The molecule has 6 rings (SSSR count). The summed E-state index contributed by atoms with van der Waals surface area (Å²) in [5.41, 5.74) is 4.14. The van der Waals surface area contributed by atoms with E-state index < -0.39 is 18.2 Å². The molecule has 1 saturated carbocycles. The molecule has 0 radical (unpaired) electrons. The number of carbonyl (C=O) groups excluding carboxylic acids is 1. The molecule has 0 amide bonds. The average Bonchev–Trinajstić information content (AvgIpc) is 3.40. The molecule has 42 heavy (non-hydrogen) atoms. The highest BCUT2D eigenvalue weighted by Crippen LogP contribution is 2.49. The van der Waals surface area contributed by atoms with E-state index in [0.717, 1.165) is 37.2 Å². The summed E-state index contributed by atoms with van der Waals surface area (Å²) in [5, 5.41) is 1.24. The molecule has 1 aliphatic carbocycles. The molecule has 2 aliphatic heterocycles. The van der Waals surface area contributed by atoms with Crippen LogP contribution in [0.2, 0.25) is 0 Å². The maximum atomic E-state index is 13.5. The first-order valence-electron chi connectivity index (χ1n) is 14.4. The number of H-pyrrole nitrogens is 1. The Morgan fingerprint density at radius 2 is 1.62 bits per heavy atom. The van der Waals surface area contributed by atoms with Gasteiger partial charge in [0.15, 0.2) is 11.5 Å². The summed E-state index contributed by atoms with van der Waals surface area (Å²) in [4.78, 5) is 19.8. The van der Waals surface area contributed by atoms with Crippen molar-refractivity contribution < 1.29 is 38.0 Å². The van der Waals surface area contributed by atoms with Gasteiger partial charge in [0.2, 0.25) is 5.75 Å². The number of carbonyl (C=O) groups is 1. The normalized spacial score (nSPS) is 27.0. The summed E-state index contributed by atoms with van der Waals surface area (Å²) in [6.07, 6.45) is 1.52. The van der Waals surface area contributed by atoms with Crippen LogP contribution in [-0.4, -0.2) is 89.9 Å². The van der Waals surface area contributed by atoms with Crippen molar-refractivity contribution >= 4 is 16.9 Å². The van der Waals surface area contributed by atoms with Crippen molar-refractivity contribution in [3.8, 4) is 23.0 Å². The Kier molecular flexibility index (Phi) is 7.95. The molecule has 3 heterocycles. The highest BCUT2D eigenvalue weighted by Gasteiger charge is 2.52. The van der Waals surface area contributed by atoms with Gasteiger partial charge in [-0.1, -0.05) is 0 Å². The van der Waals surface area contributed by atoms with Crippen LogP contribution >= 0.6 is 0 Å². The maximum absolute atomic E-state index is 13.5. The number of rotatable bonds is 8. The molecule has 3 aromatic rings. The van der Waals surface area contributed by atoms with E-state index >= 15 is 0 Å². The van der Waals surface area contributed by atoms with E-state index in [1.165, 1.54) is 38.0 Å². The SMILES string of the molecule is COc1ccc2[nH]c3c(c2c1)CCN1C[C@H]2C[C@@H](OC(=O)c4cc(OC)c(OC)c(OC)c4)[C@H](OC)[C@@H](OC)[C@H]2C[C@H]31. The molecule has 0 bridgehead atoms. The van der Waals surface area contributed by atoms with Crippen LogP contribution in [0.15, 0.2) is 30.3 Å². The van der Waals surface area contributed by atoms with Crippen LogP contribution in [0, 0.1) is 11.8 Å². The van der Waals surface area contributed by atoms with Gasteiger partial charge in [-0.3, -0.25) is 4.90 Å². The predicted octanol–water partition coefficient (Wildman–Crippen LogP) is 4.40. The Hall–Kier alpha value is -3.47. The first-order valence-corrected chi connectivity index (χ1v) is 14.4. The number of nitrogens with one attached hydrogen (secondary N) is 1. The molecule has 3 aliphatic rings.